The van der Waals surface area contributed by atoms with Crippen LogP contribution in [-0.2, 0) is 0 Å². The van der Waals surface area contributed by atoms with Gasteiger partial charge in [0, 0.05) is 11.6 Å². The molecule has 0 spiro atoms. The number of hydrogen-bond acceptors (Lipinski definition) is 1. The first-order chi connectivity index (χ1) is 7.90. The molecular formula is C14H20FNO. The summed E-state index contributed by atoms with van der Waals surface area (Å²) in [6.07, 6.45) is 0.936. The summed E-state index contributed by atoms with van der Waals surface area (Å²) in [4.78, 5) is 11.9. The third-order valence-electron chi connectivity index (χ3n) is 2.64. The minimum absolute atomic E-state index is 0.129. The molecule has 1 aromatic carbocycles. The Balaban J connectivity index is 2.70. The lowest BCUT2D eigenvalue weighted by Crippen LogP contribution is -2.33. The van der Waals surface area contributed by atoms with Crippen LogP contribution in [0.5, 0.6) is 0 Å². The minimum atomic E-state index is -0.311. The maximum atomic E-state index is 12.9. The zero-order chi connectivity index (χ0) is 13.0. The van der Waals surface area contributed by atoms with E-state index in [4.69, 9.17) is 0 Å². The van der Waals surface area contributed by atoms with Crippen molar-refractivity contribution in [3.63, 3.8) is 0 Å². The Morgan fingerprint density at radius 2 is 2.00 bits per heavy atom. The number of rotatable bonds is 4. The summed E-state index contributed by atoms with van der Waals surface area (Å²) >= 11 is 0. The van der Waals surface area contributed by atoms with E-state index in [0.717, 1.165) is 6.42 Å². The normalized spacial score (nSPS) is 12.6. The highest BCUT2D eigenvalue weighted by molar-refractivity contribution is 5.95. The van der Waals surface area contributed by atoms with Gasteiger partial charge in [0.05, 0.1) is 0 Å². The first-order valence-corrected chi connectivity index (χ1v) is 5.97. The van der Waals surface area contributed by atoms with Crippen molar-refractivity contribution in [2.75, 3.05) is 0 Å². The molecule has 1 rings (SSSR count). The molecule has 1 N–H and O–H groups in total. The molecule has 94 valence electrons. The van der Waals surface area contributed by atoms with E-state index in [1.54, 1.807) is 6.92 Å². The van der Waals surface area contributed by atoms with E-state index in [1.165, 1.54) is 18.2 Å². The van der Waals surface area contributed by atoms with Gasteiger partial charge in [-0.1, -0.05) is 13.8 Å². The number of amides is 1. The summed E-state index contributed by atoms with van der Waals surface area (Å²) in [5.41, 5.74) is 1.21. The first kappa shape index (κ1) is 13.7. The van der Waals surface area contributed by atoms with Crippen molar-refractivity contribution in [1.29, 1.82) is 0 Å². The van der Waals surface area contributed by atoms with E-state index in [1.807, 2.05) is 6.92 Å². The molecule has 2 nitrogen and oxygen atoms in total. The second-order valence-electron chi connectivity index (χ2n) is 4.96. The van der Waals surface area contributed by atoms with Crippen LogP contribution >= 0.6 is 0 Å². The molecule has 0 aliphatic heterocycles. The van der Waals surface area contributed by atoms with Gasteiger partial charge in [-0.3, -0.25) is 4.79 Å². The lowest BCUT2D eigenvalue weighted by atomic mass is 10.0. The smallest absolute Gasteiger partial charge is 0.251 e. The van der Waals surface area contributed by atoms with Gasteiger partial charge in [-0.2, -0.15) is 0 Å². The molecular weight excluding hydrogens is 217 g/mol. The van der Waals surface area contributed by atoms with Crippen LogP contribution in [0.3, 0.4) is 0 Å². The van der Waals surface area contributed by atoms with Crippen molar-refractivity contribution in [3.05, 3.63) is 35.1 Å². The predicted octanol–water partition coefficient (Wildman–Crippen LogP) is 3.30. The van der Waals surface area contributed by atoms with Gasteiger partial charge in [0.15, 0.2) is 0 Å². The quantitative estimate of drug-likeness (QED) is 0.855. The van der Waals surface area contributed by atoms with Crippen molar-refractivity contribution in [2.24, 2.45) is 5.92 Å². The number of aryl methyl sites for hydroxylation is 1. The molecule has 0 radical (unpaired) electrons. The fourth-order valence-electron chi connectivity index (χ4n) is 1.95. The molecule has 0 saturated heterocycles. The Morgan fingerprint density at radius 3 is 2.53 bits per heavy atom. The van der Waals surface area contributed by atoms with E-state index in [-0.39, 0.29) is 17.8 Å². The summed E-state index contributed by atoms with van der Waals surface area (Å²) in [7, 11) is 0. The van der Waals surface area contributed by atoms with Gasteiger partial charge in [0.25, 0.3) is 5.91 Å². The molecule has 0 fully saturated rings. The van der Waals surface area contributed by atoms with Gasteiger partial charge in [0.2, 0.25) is 0 Å². The van der Waals surface area contributed by atoms with Crippen LogP contribution < -0.4 is 5.32 Å². The van der Waals surface area contributed by atoms with E-state index < -0.39 is 0 Å². The molecule has 1 atom stereocenters. The Kier molecular flexibility index (Phi) is 4.67. The minimum Gasteiger partial charge on any atom is -0.350 e. The number of benzene rings is 1. The summed E-state index contributed by atoms with van der Waals surface area (Å²) in [5, 5.41) is 2.93. The van der Waals surface area contributed by atoms with Gasteiger partial charge < -0.3 is 5.32 Å². The molecule has 1 unspecified atom stereocenters. The first-order valence-electron chi connectivity index (χ1n) is 5.97. The maximum absolute atomic E-state index is 12.9. The fourth-order valence-corrected chi connectivity index (χ4v) is 1.95. The highest BCUT2D eigenvalue weighted by Gasteiger charge is 2.13. The van der Waals surface area contributed by atoms with E-state index >= 15 is 0 Å². The van der Waals surface area contributed by atoms with Gasteiger partial charge >= 0.3 is 0 Å². The van der Waals surface area contributed by atoms with Crippen LogP contribution in [0, 0.1) is 18.7 Å². The standard InChI is InChI=1S/C14H20FNO/c1-9(2)7-11(4)16-14(17)13-6-5-12(15)8-10(13)3/h5-6,8-9,11H,7H2,1-4H3,(H,16,17). The topological polar surface area (TPSA) is 29.1 Å². The maximum Gasteiger partial charge on any atom is 0.251 e. The summed E-state index contributed by atoms with van der Waals surface area (Å²) in [6, 6.07) is 4.35. The van der Waals surface area contributed by atoms with Crippen molar-refractivity contribution >= 4 is 5.91 Å². The SMILES string of the molecule is Cc1cc(F)ccc1C(=O)NC(C)CC(C)C. The lowest BCUT2D eigenvalue weighted by Gasteiger charge is -2.16. The highest BCUT2D eigenvalue weighted by Crippen LogP contribution is 2.11. The van der Waals surface area contributed by atoms with Gasteiger partial charge in [-0.15, -0.1) is 0 Å². The Bertz CT molecular complexity index is 401. The van der Waals surface area contributed by atoms with Crippen LogP contribution in [0.1, 0.15) is 43.1 Å². The average Bonchev–Trinajstić information content (AvgIpc) is 2.15. The molecule has 0 heterocycles. The van der Waals surface area contributed by atoms with Crippen molar-refractivity contribution in [3.8, 4) is 0 Å². The molecule has 0 saturated carbocycles. The third kappa shape index (κ3) is 4.17. The van der Waals surface area contributed by atoms with Gasteiger partial charge in [0.1, 0.15) is 5.82 Å². The Labute approximate surface area is 102 Å². The van der Waals surface area contributed by atoms with Crippen molar-refractivity contribution in [2.45, 2.75) is 40.2 Å². The zero-order valence-corrected chi connectivity index (χ0v) is 10.9. The largest absolute Gasteiger partial charge is 0.350 e. The predicted molar refractivity (Wildman–Crippen MR) is 67.5 cm³/mol. The van der Waals surface area contributed by atoms with Crippen LogP contribution in [-0.4, -0.2) is 11.9 Å². The molecule has 1 aromatic rings. The summed E-state index contributed by atoms with van der Waals surface area (Å²) in [5.74, 6) is 0.101. The number of halogens is 1. The molecule has 3 heteroatoms. The molecule has 0 aromatic heterocycles. The van der Waals surface area contributed by atoms with Gasteiger partial charge in [-0.25, -0.2) is 4.39 Å². The van der Waals surface area contributed by atoms with E-state index in [9.17, 15) is 9.18 Å². The van der Waals surface area contributed by atoms with E-state index in [0.29, 0.717) is 17.0 Å². The molecule has 1 amide bonds. The second kappa shape index (κ2) is 5.80. The number of hydrogen-bond donors (Lipinski definition) is 1. The monoisotopic (exact) mass is 237 g/mol. The fraction of sp³-hybridized carbons (Fsp3) is 0.500. The molecule has 0 bridgehead atoms. The average molecular weight is 237 g/mol. The molecule has 17 heavy (non-hydrogen) atoms. The Hall–Kier alpha value is -1.38. The van der Waals surface area contributed by atoms with Gasteiger partial charge in [-0.05, 0) is 49.9 Å². The third-order valence-corrected chi connectivity index (χ3v) is 2.64. The highest BCUT2D eigenvalue weighted by atomic mass is 19.1. The summed E-state index contributed by atoms with van der Waals surface area (Å²) in [6.45, 7) is 7.96. The van der Waals surface area contributed by atoms with Crippen LogP contribution in [0.15, 0.2) is 18.2 Å². The number of carbonyl (C=O) groups is 1. The van der Waals surface area contributed by atoms with Crippen LogP contribution in [0.25, 0.3) is 0 Å². The molecule has 0 aliphatic carbocycles. The second-order valence-corrected chi connectivity index (χ2v) is 4.96. The van der Waals surface area contributed by atoms with Crippen LogP contribution in [0.4, 0.5) is 4.39 Å². The summed E-state index contributed by atoms with van der Waals surface area (Å²) < 4.78 is 12.9. The van der Waals surface area contributed by atoms with Crippen LogP contribution in [0.2, 0.25) is 0 Å². The number of nitrogens with one attached hydrogen (secondary N) is 1. The number of carbonyl (C=O) groups excluding carboxylic acids is 1. The lowest BCUT2D eigenvalue weighted by molar-refractivity contribution is 0.0935. The molecule has 0 aliphatic rings. The van der Waals surface area contributed by atoms with Crippen molar-refractivity contribution < 1.29 is 9.18 Å². The van der Waals surface area contributed by atoms with E-state index in [2.05, 4.69) is 19.2 Å². The van der Waals surface area contributed by atoms with Crippen molar-refractivity contribution in [1.82, 2.24) is 5.32 Å². The zero-order valence-electron chi connectivity index (χ0n) is 10.9. The Morgan fingerprint density at radius 1 is 1.35 bits per heavy atom.